The molecule has 0 bridgehead atoms. The minimum Gasteiger partial charge on any atom is -0.497 e. The maximum absolute atomic E-state index is 13.3. The number of piperidine rings is 1. The van der Waals surface area contributed by atoms with Gasteiger partial charge in [0.2, 0.25) is 16.3 Å². The first-order valence-corrected chi connectivity index (χ1v) is 15.4. The number of allylic oxidation sites excluding steroid dienone is 1. The third-order valence-corrected chi connectivity index (χ3v) is 9.80. The first kappa shape index (κ1) is 28.9. The molecule has 0 spiro atoms. The molecular weight excluding hydrogens is 508 g/mol. The summed E-state index contributed by atoms with van der Waals surface area (Å²) in [5, 5.41) is 9.53. The Hall–Kier alpha value is -2.14. The standard InChI is InChI=1S/C28H42N2O7S/c1-35-24-10-12-25(13-11-24)38(33,34)30(16-18-31)17-19-36-27-21-23(22-8-4-2-5-9-22)20-26(37-27)28(32)29-14-6-3-7-15-29/h10-13,20,22-23,27,31H,2-9,14-19,21H2,1H3/t23-,27+/m1/s1. The molecular formula is C28H42N2O7S. The number of benzene rings is 1. The highest BCUT2D eigenvalue weighted by Crippen LogP contribution is 2.37. The van der Waals surface area contributed by atoms with Gasteiger partial charge in [0.15, 0.2) is 5.76 Å². The Bertz CT molecular complexity index is 1030. The largest absolute Gasteiger partial charge is 0.497 e. The topological polar surface area (TPSA) is 106 Å². The highest BCUT2D eigenvalue weighted by Gasteiger charge is 2.35. The summed E-state index contributed by atoms with van der Waals surface area (Å²) in [5.74, 6) is 1.57. The van der Waals surface area contributed by atoms with Gasteiger partial charge in [-0.05, 0) is 74.3 Å². The third kappa shape index (κ3) is 7.28. The fourth-order valence-electron chi connectivity index (χ4n) is 5.73. The molecule has 2 fully saturated rings. The van der Waals surface area contributed by atoms with E-state index in [-0.39, 0.29) is 43.0 Å². The quantitative estimate of drug-likeness (QED) is 0.449. The van der Waals surface area contributed by atoms with Crippen LogP contribution in [0.4, 0.5) is 0 Å². The van der Waals surface area contributed by atoms with Crippen LogP contribution in [-0.2, 0) is 24.3 Å². The zero-order valence-electron chi connectivity index (χ0n) is 22.4. The summed E-state index contributed by atoms with van der Waals surface area (Å²) in [4.78, 5) is 15.3. The molecule has 1 amide bonds. The molecule has 9 nitrogen and oxygen atoms in total. The number of nitrogens with zero attached hydrogens (tertiary/aromatic N) is 2. The number of rotatable bonds is 11. The number of sulfonamides is 1. The molecule has 1 saturated heterocycles. The number of aliphatic hydroxyl groups excluding tert-OH is 1. The van der Waals surface area contributed by atoms with Gasteiger partial charge in [0, 0.05) is 32.6 Å². The monoisotopic (exact) mass is 550 g/mol. The first-order chi connectivity index (χ1) is 18.4. The van der Waals surface area contributed by atoms with E-state index in [1.54, 1.807) is 12.1 Å². The molecule has 38 heavy (non-hydrogen) atoms. The Balaban J connectivity index is 1.41. The van der Waals surface area contributed by atoms with Crippen LogP contribution >= 0.6 is 0 Å². The highest BCUT2D eigenvalue weighted by atomic mass is 32.2. The van der Waals surface area contributed by atoms with Gasteiger partial charge >= 0.3 is 0 Å². The van der Waals surface area contributed by atoms with Gasteiger partial charge in [-0.25, -0.2) is 8.42 Å². The Morgan fingerprint density at radius 2 is 1.74 bits per heavy atom. The minimum absolute atomic E-state index is 0.0491. The first-order valence-electron chi connectivity index (χ1n) is 14.0. The lowest BCUT2D eigenvalue weighted by Crippen LogP contribution is -2.41. The molecule has 3 aliphatic rings. The van der Waals surface area contributed by atoms with Gasteiger partial charge in [-0.3, -0.25) is 4.79 Å². The minimum atomic E-state index is -3.83. The lowest BCUT2D eigenvalue weighted by atomic mass is 9.77. The van der Waals surface area contributed by atoms with Crippen molar-refractivity contribution in [3.63, 3.8) is 0 Å². The lowest BCUT2D eigenvalue weighted by Gasteiger charge is -2.36. The Labute approximate surface area is 226 Å². The fraction of sp³-hybridized carbons (Fsp3) is 0.679. The summed E-state index contributed by atoms with van der Waals surface area (Å²) in [6, 6.07) is 6.16. The molecule has 2 atom stereocenters. The molecule has 2 heterocycles. The average molecular weight is 551 g/mol. The molecule has 2 aliphatic heterocycles. The van der Waals surface area contributed by atoms with Crippen LogP contribution in [0.5, 0.6) is 5.75 Å². The van der Waals surface area contributed by atoms with Crippen LogP contribution in [0, 0.1) is 11.8 Å². The molecule has 10 heteroatoms. The molecule has 0 aromatic heterocycles. The number of carbonyl (C=O) groups excluding carboxylic acids is 1. The number of hydrogen-bond acceptors (Lipinski definition) is 7. The zero-order chi connectivity index (χ0) is 27.0. The van der Waals surface area contributed by atoms with Crippen LogP contribution in [0.1, 0.15) is 57.8 Å². The van der Waals surface area contributed by atoms with Crippen molar-refractivity contribution in [2.24, 2.45) is 11.8 Å². The summed E-state index contributed by atoms with van der Waals surface area (Å²) < 4.78 is 44.9. The number of carbonyl (C=O) groups is 1. The molecule has 4 rings (SSSR count). The fourth-order valence-corrected chi connectivity index (χ4v) is 7.14. The second-order valence-electron chi connectivity index (χ2n) is 10.4. The van der Waals surface area contributed by atoms with E-state index < -0.39 is 16.3 Å². The highest BCUT2D eigenvalue weighted by molar-refractivity contribution is 7.89. The van der Waals surface area contributed by atoms with Gasteiger partial charge < -0.3 is 24.2 Å². The van der Waals surface area contributed by atoms with Crippen molar-refractivity contribution in [1.82, 2.24) is 9.21 Å². The van der Waals surface area contributed by atoms with Gasteiger partial charge in [-0.15, -0.1) is 0 Å². The Morgan fingerprint density at radius 1 is 1.05 bits per heavy atom. The summed E-state index contributed by atoms with van der Waals surface area (Å²) in [6.07, 6.45) is 11.2. The molecule has 0 radical (unpaired) electrons. The van der Waals surface area contributed by atoms with Crippen molar-refractivity contribution >= 4 is 15.9 Å². The second kappa shape index (κ2) is 13.8. The second-order valence-corrected chi connectivity index (χ2v) is 12.3. The maximum Gasteiger partial charge on any atom is 0.288 e. The van der Waals surface area contributed by atoms with Crippen LogP contribution in [0.2, 0.25) is 0 Å². The van der Waals surface area contributed by atoms with Crippen molar-refractivity contribution in [3.8, 4) is 5.75 Å². The molecule has 212 valence electrons. The van der Waals surface area contributed by atoms with E-state index in [0.29, 0.717) is 23.8 Å². The van der Waals surface area contributed by atoms with Crippen molar-refractivity contribution < 1.29 is 32.5 Å². The van der Waals surface area contributed by atoms with Gasteiger partial charge in [0.05, 0.1) is 25.2 Å². The van der Waals surface area contributed by atoms with Gasteiger partial charge in [-0.2, -0.15) is 4.31 Å². The Morgan fingerprint density at radius 3 is 2.39 bits per heavy atom. The summed E-state index contributed by atoms with van der Waals surface area (Å²) in [5.41, 5.74) is 0. The number of ether oxygens (including phenoxy) is 3. The smallest absolute Gasteiger partial charge is 0.288 e. The summed E-state index contributed by atoms with van der Waals surface area (Å²) in [6.45, 7) is 1.28. The summed E-state index contributed by atoms with van der Waals surface area (Å²) >= 11 is 0. The van der Waals surface area contributed by atoms with E-state index in [2.05, 4.69) is 0 Å². The lowest BCUT2D eigenvalue weighted by molar-refractivity contribution is -0.157. The van der Waals surface area contributed by atoms with Gasteiger partial charge in [0.1, 0.15) is 5.75 Å². The van der Waals surface area contributed by atoms with Crippen LogP contribution in [0.3, 0.4) is 0 Å². The number of methoxy groups -OCH3 is 1. The molecule has 1 N–H and O–H groups in total. The number of aliphatic hydroxyl groups is 1. The number of likely N-dealkylation sites (tertiary alicyclic amines) is 1. The SMILES string of the molecule is COc1ccc(S(=O)(=O)N(CCO)CCO[C@@H]2C[C@H](C3CCCCC3)C=C(C(=O)N3CCCCC3)O2)cc1. The van der Waals surface area contributed by atoms with E-state index >= 15 is 0 Å². The predicted molar refractivity (Wildman–Crippen MR) is 143 cm³/mol. The van der Waals surface area contributed by atoms with Gasteiger partial charge in [0.25, 0.3) is 5.91 Å². The average Bonchev–Trinajstić information content (AvgIpc) is 2.97. The number of hydrogen-bond donors (Lipinski definition) is 1. The van der Waals surface area contributed by atoms with E-state index in [1.165, 1.54) is 42.8 Å². The Kier molecular flexibility index (Phi) is 10.5. The summed E-state index contributed by atoms with van der Waals surface area (Å²) in [7, 11) is -2.31. The van der Waals surface area contributed by atoms with Crippen molar-refractivity contribution in [2.75, 3.05) is 46.5 Å². The van der Waals surface area contributed by atoms with E-state index in [4.69, 9.17) is 14.2 Å². The van der Waals surface area contributed by atoms with E-state index in [1.807, 2.05) is 11.0 Å². The maximum atomic E-state index is 13.3. The van der Waals surface area contributed by atoms with Gasteiger partial charge in [-0.1, -0.05) is 19.3 Å². The zero-order valence-corrected chi connectivity index (χ0v) is 23.2. The van der Waals surface area contributed by atoms with Crippen LogP contribution in [-0.4, -0.2) is 81.4 Å². The normalized spacial score (nSPS) is 23.1. The van der Waals surface area contributed by atoms with Crippen molar-refractivity contribution in [1.29, 1.82) is 0 Å². The number of amides is 1. The van der Waals surface area contributed by atoms with E-state index in [0.717, 1.165) is 45.2 Å². The van der Waals surface area contributed by atoms with E-state index in [9.17, 15) is 18.3 Å². The van der Waals surface area contributed by atoms with Crippen LogP contribution < -0.4 is 4.74 Å². The molecule has 1 aromatic rings. The molecule has 0 unspecified atom stereocenters. The van der Waals surface area contributed by atoms with Crippen LogP contribution in [0.15, 0.2) is 41.0 Å². The van der Waals surface area contributed by atoms with Crippen molar-refractivity contribution in [2.45, 2.75) is 69.0 Å². The molecule has 1 aliphatic carbocycles. The predicted octanol–water partition coefficient (Wildman–Crippen LogP) is 3.53. The molecule has 1 saturated carbocycles. The van der Waals surface area contributed by atoms with Crippen molar-refractivity contribution in [3.05, 3.63) is 36.1 Å². The molecule has 1 aromatic carbocycles. The third-order valence-electron chi connectivity index (χ3n) is 7.89. The van der Waals surface area contributed by atoms with Crippen LogP contribution in [0.25, 0.3) is 0 Å².